The number of ether oxygens (including phenoxy) is 1. The fourth-order valence-corrected chi connectivity index (χ4v) is 2.68. The van der Waals surface area contributed by atoms with Gasteiger partial charge in [0, 0.05) is 32.3 Å². The second-order valence-electron chi connectivity index (χ2n) is 4.85. The Bertz CT molecular complexity index is 207. The third kappa shape index (κ3) is 2.69. The molecule has 2 aliphatic heterocycles. The maximum Gasteiger partial charge on any atom is 0.0896 e. The van der Waals surface area contributed by atoms with Gasteiger partial charge in [0.25, 0.3) is 0 Å². The summed E-state index contributed by atoms with van der Waals surface area (Å²) in [6.45, 7) is 3.96. The average Bonchev–Trinajstić information content (AvgIpc) is 2.30. The Morgan fingerprint density at radius 3 is 2.80 bits per heavy atom. The van der Waals surface area contributed by atoms with Crippen molar-refractivity contribution in [1.29, 1.82) is 0 Å². The molecular weight excluding hydrogens is 192 g/mol. The van der Waals surface area contributed by atoms with E-state index >= 15 is 0 Å². The van der Waals surface area contributed by atoms with Crippen molar-refractivity contribution in [3.05, 3.63) is 0 Å². The lowest BCUT2D eigenvalue weighted by Gasteiger charge is -2.43. The molecule has 4 heteroatoms. The molecule has 1 unspecified atom stereocenters. The Hall–Kier alpha value is -0.160. The first-order valence-corrected chi connectivity index (χ1v) is 5.98. The molecule has 88 valence electrons. The van der Waals surface area contributed by atoms with E-state index < -0.39 is 5.60 Å². The predicted octanol–water partition coefficient (Wildman–Crippen LogP) is -0.0490. The molecule has 2 rings (SSSR count). The molecule has 2 heterocycles. The summed E-state index contributed by atoms with van der Waals surface area (Å²) in [5.41, 5.74) is 4.99. The standard InChI is InChI=1S/C11H22N2O2/c12-8-11(14)4-1-5-13(9-11)10-2-6-15-7-3-10/h10,14H,1-9,12H2. The van der Waals surface area contributed by atoms with Gasteiger partial charge in [-0.3, -0.25) is 4.90 Å². The molecule has 0 aromatic heterocycles. The SMILES string of the molecule is NCC1(O)CCCN(C2CCOCC2)C1. The Morgan fingerprint density at radius 2 is 2.13 bits per heavy atom. The molecule has 0 amide bonds. The Labute approximate surface area is 91.4 Å². The van der Waals surface area contributed by atoms with Crippen molar-refractivity contribution in [1.82, 2.24) is 4.90 Å². The van der Waals surface area contributed by atoms with Crippen LogP contribution in [0.15, 0.2) is 0 Å². The molecule has 2 fully saturated rings. The van der Waals surface area contributed by atoms with Gasteiger partial charge in [-0.05, 0) is 32.2 Å². The van der Waals surface area contributed by atoms with Crippen molar-refractivity contribution in [2.75, 3.05) is 32.8 Å². The summed E-state index contributed by atoms with van der Waals surface area (Å²) in [5, 5.41) is 10.2. The predicted molar refractivity (Wildman–Crippen MR) is 58.7 cm³/mol. The number of aliphatic hydroxyl groups is 1. The minimum atomic E-state index is -0.642. The molecule has 0 aromatic rings. The lowest BCUT2D eigenvalue weighted by Crippen LogP contribution is -2.55. The smallest absolute Gasteiger partial charge is 0.0896 e. The molecule has 15 heavy (non-hydrogen) atoms. The first-order chi connectivity index (χ1) is 7.23. The van der Waals surface area contributed by atoms with Crippen LogP contribution in [0.2, 0.25) is 0 Å². The average molecular weight is 214 g/mol. The number of nitrogens with two attached hydrogens (primary N) is 1. The highest BCUT2D eigenvalue weighted by Crippen LogP contribution is 2.25. The minimum absolute atomic E-state index is 0.382. The minimum Gasteiger partial charge on any atom is -0.387 e. The number of hydrogen-bond donors (Lipinski definition) is 2. The quantitative estimate of drug-likeness (QED) is 0.677. The van der Waals surface area contributed by atoms with Crippen LogP contribution in [-0.4, -0.2) is 54.5 Å². The first-order valence-electron chi connectivity index (χ1n) is 5.98. The summed E-state index contributed by atoms with van der Waals surface area (Å²) in [7, 11) is 0. The summed E-state index contributed by atoms with van der Waals surface area (Å²) in [4.78, 5) is 2.40. The Kier molecular flexibility index (Phi) is 3.61. The maximum absolute atomic E-state index is 10.2. The van der Waals surface area contributed by atoms with E-state index in [1.54, 1.807) is 0 Å². The molecule has 4 nitrogen and oxygen atoms in total. The van der Waals surface area contributed by atoms with Gasteiger partial charge in [-0.25, -0.2) is 0 Å². The highest BCUT2D eigenvalue weighted by molar-refractivity contribution is 4.90. The van der Waals surface area contributed by atoms with Crippen molar-refractivity contribution in [2.24, 2.45) is 5.73 Å². The van der Waals surface area contributed by atoms with Gasteiger partial charge in [0.2, 0.25) is 0 Å². The van der Waals surface area contributed by atoms with Crippen molar-refractivity contribution >= 4 is 0 Å². The highest BCUT2D eigenvalue weighted by Gasteiger charge is 2.35. The van der Waals surface area contributed by atoms with Gasteiger partial charge in [-0.2, -0.15) is 0 Å². The van der Waals surface area contributed by atoms with Crippen LogP contribution in [0.25, 0.3) is 0 Å². The number of rotatable bonds is 2. The van der Waals surface area contributed by atoms with E-state index in [0.717, 1.165) is 52.0 Å². The largest absolute Gasteiger partial charge is 0.387 e. The zero-order chi connectivity index (χ0) is 10.7. The van der Waals surface area contributed by atoms with Crippen molar-refractivity contribution in [3.63, 3.8) is 0 Å². The Balaban J connectivity index is 1.91. The fourth-order valence-electron chi connectivity index (χ4n) is 2.68. The maximum atomic E-state index is 10.2. The third-order valence-corrected chi connectivity index (χ3v) is 3.67. The van der Waals surface area contributed by atoms with Crippen LogP contribution in [0.4, 0.5) is 0 Å². The van der Waals surface area contributed by atoms with Crippen LogP contribution >= 0.6 is 0 Å². The van der Waals surface area contributed by atoms with E-state index in [9.17, 15) is 5.11 Å². The van der Waals surface area contributed by atoms with E-state index in [0.29, 0.717) is 12.6 Å². The van der Waals surface area contributed by atoms with Gasteiger partial charge in [0.15, 0.2) is 0 Å². The monoisotopic (exact) mass is 214 g/mol. The van der Waals surface area contributed by atoms with Gasteiger partial charge >= 0.3 is 0 Å². The summed E-state index contributed by atoms with van der Waals surface area (Å²) in [5.74, 6) is 0. The molecular formula is C11H22N2O2. The van der Waals surface area contributed by atoms with Crippen LogP contribution in [-0.2, 0) is 4.74 Å². The molecule has 0 spiro atoms. The number of β-amino-alcohol motifs (C(OH)–C–C–N with tert-alkyl or cyclic N) is 1. The molecule has 2 saturated heterocycles. The normalized spacial score (nSPS) is 35.6. The van der Waals surface area contributed by atoms with Gasteiger partial charge < -0.3 is 15.6 Å². The van der Waals surface area contributed by atoms with E-state index in [1.807, 2.05) is 0 Å². The van der Waals surface area contributed by atoms with Gasteiger partial charge in [-0.1, -0.05) is 0 Å². The van der Waals surface area contributed by atoms with Gasteiger partial charge in [-0.15, -0.1) is 0 Å². The zero-order valence-corrected chi connectivity index (χ0v) is 9.32. The molecule has 0 aliphatic carbocycles. The molecule has 1 atom stereocenters. The third-order valence-electron chi connectivity index (χ3n) is 3.67. The van der Waals surface area contributed by atoms with Crippen molar-refractivity contribution in [3.8, 4) is 0 Å². The van der Waals surface area contributed by atoms with Crippen molar-refractivity contribution < 1.29 is 9.84 Å². The van der Waals surface area contributed by atoms with Crippen LogP contribution in [0.3, 0.4) is 0 Å². The molecule has 3 N–H and O–H groups in total. The number of likely N-dealkylation sites (tertiary alicyclic amines) is 1. The van der Waals surface area contributed by atoms with E-state index in [-0.39, 0.29) is 0 Å². The summed E-state index contributed by atoms with van der Waals surface area (Å²) >= 11 is 0. The summed E-state index contributed by atoms with van der Waals surface area (Å²) in [6, 6.07) is 0.595. The number of hydrogen-bond acceptors (Lipinski definition) is 4. The van der Waals surface area contributed by atoms with E-state index in [4.69, 9.17) is 10.5 Å². The first kappa shape index (κ1) is 11.3. The lowest BCUT2D eigenvalue weighted by molar-refractivity contribution is -0.0553. The molecule has 0 saturated carbocycles. The molecule has 0 bridgehead atoms. The van der Waals surface area contributed by atoms with Gasteiger partial charge in [0.1, 0.15) is 0 Å². The zero-order valence-electron chi connectivity index (χ0n) is 9.32. The Morgan fingerprint density at radius 1 is 1.40 bits per heavy atom. The van der Waals surface area contributed by atoms with Crippen LogP contribution in [0.1, 0.15) is 25.7 Å². The molecule has 0 aromatic carbocycles. The number of piperidine rings is 1. The second kappa shape index (κ2) is 4.78. The number of nitrogens with zero attached hydrogens (tertiary/aromatic N) is 1. The second-order valence-corrected chi connectivity index (χ2v) is 4.85. The van der Waals surface area contributed by atoms with E-state index in [2.05, 4.69) is 4.90 Å². The topological polar surface area (TPSA) is 58.7 Å². The highest BCUT2D eigenvalue weighted by atomic mass is 16.5. The van der Waals surface area contributed by atoms with Crippen LogP contribution < -0.4 is 5.73 Å². The van der Waals surface area contributed by atoms with Crippen LogP contribution in [0, 0.1) is 0 Å². The lowest BCUT2D eigenvalue weighted by atomic mass is 9.91. The molecule has 2 aliphatic rings. The summed E-state index contributed by atoms with van der Waals surface area (Å²) < 4.78 is 5.35. The summed E-state index contributed by atoms with van der Waals surface area (Å²) in [6.07, 6.45) is 4.11. The van der Waals surface area contributed by atoms with Crippen LogP contribution in [0.5, 0.6) is 0 Å². The van der Waals surface area contributed by atoms with Gasteiger partial charge in [0.05, 0.1) is 5.60 Å². The van der Waals surface area contributed by atoms with E-state index in [1.165, 1.54) is 0 Å². The van der Waals surface area contributed by atoms with Crippen molar-refractivity contribution in [2.45, 2.75) is 37.3 Å². The fraction of sp³-hybridized carbons (Fsp3) is 1.00. The molecule has 0 radical (unpaired) electrons.